The Kier molecular flexibility index (Phi) is 4.81. The van der Waals surface area contributed by atoms with Crippen LogP contribution in [-0.4, -0.2) is 23.7 Å². The maximum atomic E-state index is 13.9. The average molecular weight is 430 g/mol. The zero-order chi connectivity index (χ0) is 20.9. The molecule has 0 amide bonds. The quantitative estimate of drug-likeness (QED) is 0.494. The summed E-state index contributed by atoms with van der Waals surface area (Å²) in [7, 11) is 0. The summed E-state index contributed by atoms with van der Waals surface area (Å²) in [6.07, 6.45) is -7.41. The van der Waals surface area contributed by atoms with Crippen molar-refractivity contribution in [2.24, 2.45) is 4.99 Å². The highest BCUT2D eigenvalue weighted by Gasteiger charge is 2.75. The van der Waals surface area contributed by atoms with Crippen LogP contribution >= 0.6 is 11.6 Å². The van der Waals surface area contributed by atoms with Crippen LogP contribution in [0.5, 0.6) is 11.5 Å². The lowest BCUT2D eigenvalue weighted by atomic mass is 10.0. The lowest BCUT2D eigenvalue weighted by Gasteiger charge is -2.28. The van der Waals surface area contributed by atoms with Gasteiger partial charge in [-0.1, -0.05) is 11.6 Å². The van der Waals surface area contributed by atoms with E-state index in [1.807, 2.05) is 0 Å². The molecule has 0 saturated heterocycles. The molecule has 28 heavy (non-hydrogen) atoms. The van der Waals surface area contributed by atoms with Crippen LogP contribution in [0.3, 0.4) is 0 Å². The standard InChI is InChI=1S/C17H8ClF8NO/c18-11-7-12-8(5-13(11)28-10-3-1-9(19)2-4-10)6-14(27-12)15(20,21)16(22,23)17(24,25)26/h1-5,7H,6H2. The van der Waals surface area contributed by atoms with E-state index in [0.717, 1.165) is 24.3 Å². The molecule has 0 unspecified atom stereocenters. The molecule has 0 fully saturated rings. The summed E-state index contributed by atoms with van der Waals surface area (Å²) in [6.45, 7) is 0. The monoisotopic (exact) mass is 429 g/mol. The van der Waals surface area contributed by atoms with E-state index in [-0.39, 0.29) is 27.8 Å². The van der Waals surface area contributed by atoms with Crippen molar-refractivity contribution in [1.29, 1.82) is 0 Å². The van der Waals surface area contributed by atoms with Crippen LogP contribution in [0.15, 0.2) is 41.4 Å². The van der Waals surface area contributed by atoms with Crippen molar-refractivity contribution in [3.8, 4) is 11.5 Å². The van der Waals surface area contributed by atoms with Crippen LogP contribution in [0.1, 0.15) is 5.56 Å². The van der Waals surface area contributed by atoms with E-state index in [9.17, 15) is 35.1 Å². The maximum Gasteiger partial charge on any atom is 0.460 e. The fourth-order valence-corrected chi connectivity index (χ4v) is 2.64. The molecular formula is C17H8ClF8NO. The van der Waals surface area contributed by atoms with E-state index >= 15 is 0 Å². The van der Waals surface area contributed by atoms with Gasteiger partial charge in [-0.25, -0.2) is 4.39 Å². The molecule has 0 aromatic heterocycles. The van der Waals surface area contributed by atoms with Crippen LogP contribution in [0, 0.1) is 5.82 Å². The van der Waals surface area contributed by atoms with Crippen molar-refractivity contribution in [2.45, 2.75) is 24.4 Å². The Morgan fingerprint density at radius 1 is 0.929 bits per heavy atom. The number of aliphatic imine (C=N–C) groups is 1. The highest BCUT2D eigenvalue weighted by atomic mass is 35.5. The number of hydrogen-bond donors (Lipinski definition) is 0. The third-order valence-electron chi connectivity index (χ3n) is 3.90. The predicted octanol–water partition coefficient (Wildman–Crippen LogP) is 6.73. The molecule has 2 nitrogen and oxygen atoms in total. The number of hydrogen-bond acceptors (Lipinski definition) is 2. The van der Waals surface area contributed by atoms with Crippen LogP contribution < -0.4 is 4.74 Å². The van der Waals surface area contributed by atoms with E-state index in [1.165, 1.54) is 12.1 Å². The summed E-state index contributed by atoms with van der Waals surface area (Å²) in [5, 5.41) is -0.154. The largest absolute Gasteiger partial charge is 0.460 e. The third-order valence-corrected chi connectivity index (χ3v) is 4.20. The molecule has 2 aromatic rings. The second-order valence-electron chi connectivity index (χ2n) is 5.85. The molecule has 0 bridgehead atoms. The molecule has 0 atom stereocenters. The molecule has 2 aromatic carbocycles. The van der Waals surface area contributed by atoms with Crippen molar-refractivity contribution in [3.05, 3.63) is 52.8 Å². The van der Waals surface area contributed by atoms with Crippen molar-refractivity contribution >= 4 is 23.0 Å². The summed E-state index contributed by atoms with van der Waals surface area (Å²) in [6, 6.07) is 6.76. The zero-order valence-corrected chi connectivity index (χ0v) is 14.2. The van der Waals surface area contributed by atoms with Gasteiger partial charge in [-0.05, 0) is 42.0 Å². The van der Waals surface area contributed by atoms with Gasteiger partial charge in [0, 0.05) is 6.42 Å². The Hall–Kier alpha value is -2.36. The number of benzene rings is 2. The summed E-state index contributed by atoms with van der Waals surface area (Å²) in [5.74, 6) is -12.3. The summed E-state index contributed by atoms with van der Waals surface area (Å²) in [4.78, 5) is 3.22. The first kappa shape index (κ1) is 20.4. The van der Waals surface area contributed by atoms with Gasteiger partial charge in [0.1, 0.15) is 17.3 Å². The van der Waals surface area contributed by atoms with Gasteiger partial charge >= 0.3 is 18.0 Å². The SMILES string of the molecule is Fc1ccc(Oc2cc3c(cc2Cl)N=C(C(F)(F)C(F)(F)C(F)(F)F)C3)cc1. The summed E-state index contributed by atoms with van der Waals surface area (Å²) < 4.78 is 110. The molecule has 0 radical (unpaired) electrons. The van der Waals surface area contributed by atoms with Gasteiger partial charge < -0.3 is 4.74 Å². The normalized spacial score (nSPS) is 14.7. The minimum atomic E-state index is -6.46. The second kappa shape index (κ2) is 6.61. The Balaban J connectivity index is 1.89. The molecule has 1 aliphatic rings. The van der Waals surface area contributed by atoms with E-state index in [1.54, 1.807) is 0 Å². The lowest BCUT2D eigenvalue weighted by Crippen LogP contribution is -2.56. The fourth-order valence-electron chi connectivity index (χ4n) is 2.44. The topological polar surface area (TPSA) is 21.6 Å². The first-order valence-corrected chi connectivity index (χ1v) is 7.87. The average Bonchev–Trinajstić information content (AvgIpc) is 2.99. The lowest BCUT2D eigenvalue weighted by molar-refractivity contribution is -0.336. The molecular weight excluding hydrogens is 422 g/mol. The number of alkyl halides is 7. The van der Waals surface area contributed by atoms with Gasteiger partial charge in [0.2, 0.25) is 0 Å². The second-order valence-corrected chi connectivity index (χ2v) is 6.26. The van der Waals surface area contributed by atoms with Crippen molar-refractivity contribution in [1.82, 2.24) is 0 Å². The van der Waals surface area contributed by atoms with Crippen molar-refractivity contribution in [3.63, 3.8) is 0 Å². The van der Waals surface area contributed by atoms with E-state index in [4.69, 9.17) is 16.3 Å². The number of nitrogens with zero attached hydrogens (tertiary/aromatic N) is 1. The van der Waals surface area contributed by atoms with Gasteiger partial charge in [0.25, 0.3) is 0 Å². The molecule has 0 spiro atoms. The Labute approximate surface area is 157 Å². The van der Waals surface area contributed by atoms with Gasteiger partial charge in [-0.15, -0.1) is 0 Å². The zero-order valence-electron chi connectivity index (χ0n) is 13.4. The van der Waals surface area contributed by atoms with Crippen LogP contribution in [0.2, 0.25) is 5.02 Å². The van der Waals surface area contributed by atoms with Gasteiger partial charge in [0.05, 0.1) is 16.4 Å². The molecule has 150 valence electrons. The number of fused-ring (bicyclic) bond motifs is 1. The maximum absolute atomic E-state index is 13.9. The van der Waals surface area contributed by atoms with E-state index < -0.39 is 36.0 Å². The Bertz CT molecular complexity index is 937. The highest BCUT2D eigenvalue weighted by molar-refractivity contribution is 6.32. The number of rotatable bonds is 4. The van der Waals surface area contributed by atoms with Crippen LogP contribution in [0.25, 0.3) is 0 Å². The summed E-state index contributed by atoms with van der Waals surface area (Å²) in [5.41, 5.74) is -1.99. The van der Waals surface area contributed by atoms with Crippen LogP contribution in [-0.2, 0) is 6.42 Å². The van der Waals surface area contributed by atoms with Crippen molar-refractivity contribution in [2.75, 3.05) is 0 Å². The van der Waals surface area contributed by atoms with Gasteiger partial charge in [-0.3, -0.25) is 4.99 Å². The minimum Gasteiger partial charge on any atom is -0.456 e. The molecule has 0 N–H and O–H groups in total. The minimum absolute atomic E-state index is 0.0749. The van der Waals surface area contributed by atoms with Gasteiger partial charge in [-0.2, -0.15) is 30.7 Å². The van der Waals surface area contributed by atoms with Gasteiger partial charge in [0.15, 0.2) is 0 Å². The smallest absolute Gasteiger partial charge is 0.456 e. The predicted molar refractivity (Wildman–Crippen MR) is 84.7 cm³/mol. The molecule has 0 saturated carbocycles. The molecule has 1 aliphatic heterocycles. The highest BCUT2D eigenvalue weighted by Crippen LogP contribution is 2.50. The first-order valence-electron chi connectivity index (χ1n) is 7.49. The first-order chi connectivity index (χ1) is 12.8. The molecule has 11 heteroatoms. The van der Waals surface area contributed by atoms with Crippen molar-refractivity contribution < 1.29 is 39.9 Å². The Morgan fingerprint density at radius 2 is 1.54 bits per heavy atom. The van der Waals surface area contributed by atoms with E-state index in [2.05, 4.69) is 4.99 Å². The van der Waals surface area contributed by atoms with Crippen LogP contribution in [0.4, 0.5) is 40.8 Å². The van der Waals surface area contributed by atoms with E-state index in [0.29, 0.717) is 0 Å². The summed E-state index contributed by atoms with van der Waals surface area (Å²) >= 11 is 5.93. The molecule has 1 heterocycles. The fraction of sp³-hybridized carbons (Fsp3) is 0.235. The number of halogens is 9. The third kappa shape index (κ3) is 3.41. The Morgan fingerprint density at radius 3 is 2.11 bits per heavy atom. The molecule has 3 rings (SSSR count). The molecule has 0 aliphatic carbocycles. The number of ether oxygens (including phenoxy) is 1.